The van der Waals surface area contributed by atoms with Gasteiger partial charge in [0, 0.05) is 11.2 Å². The Kier molecular flexibility index (Phi) is 5.21. The fourth-order valence-corrected chi connectivity index (χ4v) is 1.57. The lowest BCUT2D eigenvalue weighted by molar-refractivity contribution is -0.120. The van der Waals surface area contributed by atoms with Gasteiger partial charge in [0.15, 0.2) is 0 Å². The van der Waals surface area contributed by atoms with Crippen molar-refractivity contribution in [3.63, 3.8) is 0 Å². The van der Waals surface area contributed by atoms with Gasteiger partial charge >= 0.3 is 0 Å². The third-order valence-electron chi connectivity index (χ3n) is 2.19. The molecule has 0 aliphatic carbocycles. The van der Waals surface area contributed by atoms with Gasteiger partial charge in [-0.1, -0.05) is 0 Å². The lowest BCUT2D eigenvalue weighted by Gasteiger charge is -2.20. The predicted molar refractivity (Wildman–Crippen MR) is 78.6 cm³/mol. The monoisotopic (exact) mass is 264 g/mol. The van der Waals surface area contributed by atoms with Gasteiger partial charge in [-0.25, -0.2) is 0 Å². The summed E-state index contributed by atoms with van der Waals surface area (Å²) in [5.74, 6) is 0.815. The van der Waals surface area contributed by atoms with Gasteiger partial charge in [-0.15, -0.1) is 0 Å². The number of carbonyl (C=O) groups is 1. The van der Waals surface area contributed by atoms with Crippen LogP contribution >= 0.6 is 0 Å². The first-order chi connectivity index (χ1) is 8.76. The fourth-order valence-electron chi connectivity index (χ4n) is 1.57. The third-order valence-corrected chi connectivity index (χ3v) is 2.19. The molecule has 0 spiro atoms. The van der Waals surface area contributed by atoms with E-state index in [1.807, 2.05) is 58.9 Å². The molecule has 0 aromatic heterocycles. The zero-order chi connectivity index (χ0) is 14.5. The van der Waals surface area contributed by atoms with Crippen LogP contribution in [-0.4, -0.2) is 24.1 Å². The summed E-state index contributed by atoms with van der Waals surface area (Å²) in [6.45, 7) is 10.1. The summed E-state index contributed by atoms with van der Waals surface area (Å²) < 4.78 is 5.55. The van der Waals surface area contributed by atoms with E-state index in [0.717, 1.165) is 11.4 Å². The Morgan fingerprint density at radius 2 is 1.79 bits per heavy atom. The number of benzene rings is 1. The number of ether oxygens (including phenoxy) is 1. The lowest BCUT2D eigenvalue weighted by Crippen LogP contribution is -2.43. The number of hydrogen-bond acceptors (Lipinski definition) is 3. The average molecular weight is 264 g/mol. The normalized spacial score (nSPS) is 11.3. The van der Waals surface area contributed by atoms with Crippen molar-refractivity contribution in [2.24, 2.45) is 0 Å². The largest absolute Gasteiger partial charge is 0.491 e. The summed E-state index contributed by atoms with van der Waals surface area (Å²) in [7, 11) is 0. The van der Waals surface area contributed by atoms with Crippen molar-refractivity contribution in [3.8, 4) is 5.75 Å². The van der Waals surface area contributed by atoms with Crippen molar-refractivity contribution in [2.45, 2.75) is 46.3 Å². The first-order valence-corrected chi connectivity index (χ1v) is 6.58. The molecule has 0 unspecified atom stereocenters. The molecule has 0 aliphatic heterocycles. The van der Waals surface area contributed by atoms with E-state index in [-0.39, 0.29) is 24.1 Å². The minimum atomic E-state index is -0.201. The highest BCUT2D eigenvalue weighted by molar-refractivity contribution is 5.81. The zero-order valence-electron chi connectivity index (χ0n) is 12.4. The van der Waals surface area contributed by atoms with E-state index in [1.165, 1.54) is 0 Å². The molecule has 106 valence electrons. The molecule has 0 saturated heterocycles. The molecular formula is C15H24N2O2. The zero-order valence-corrected chi connectivity index (χ0v) is 12.4. The van der Waals surface area contributed by atoms with Crippen LogP contribution in [0.5, 0.6) is 5.75 Å². The van der Waals surface area contributed by atoms with Gasteiger partial charge < -0.3 is 15.4 Å². The van der Waals surface area contributed by atoms with Gasteiger partial charge in [0.2, 0.25) is 5.91 Å². The molecule has 0 atom stereocenters. The summed E-state index contributed by atoms with van der Waals surface area (Å²) in [5.41, 5.74) is 0.702. The number of carbonyl (C=O) groups excluding carboxylic acids is 1. The second-order valence-electron chi connectivity index (χ2n) is 5.84. The van der Waals surface area contributed by atoms with Crippen LogP contribution in [0.15, 0.2) is 24.3 Å². The highest BCUT2D eigenvalue weighted by atomic mass is 16.5. The topological polar surface area (TPSA) is 50.4 Å². The van der Waals surface area contributed by atoms with Crippen LogP contribution in [0.3, 0.4) is 0 Å². The Balaban J connectivity index is 2.44. The Morgan fingerprint density at radius 3 is 2.26 bits per heavy atom. The summed E-state index contributed by atoms with van der Waals surface area (Å²) in [6, 6.07) is 7.60. The molecule has 4 heteroatoms. The predicted octanol–water partition coefficient (Wildman–Crippen LogP) is 2.80. The highest BCUT2D eigenvalue weighted by Crippen LogP contribution is 2.16. The molecule has 0 fully saturated rings. The van der Waals surface area contributed by atoms with Crippen molar-refractivity contribution in [3.05, 3.63) is 24.3 Å². The number of nitrogens with one attached hydrogen (secondary N) is 2. The van der Waals surface area contributed by atoms with Crippen LogP contribution in [0.25, 0.3) is 0 Å². The van der Waals surface area contributed by atoms with Crippen molar-refractivity contribution in [1.29, 1.82) is 0 Å². The van der Waals surface area contributed by atoms with E-state index >= 15 is 0 Å². The first-order valence-electron chi connectivity index (χ1n) is 6.58. The molecule has 0 bridgehead atoms. The van der Waals surface area contributed by atoms with Crippen LogP contribution in [0.1, 0.15) is 34.6 Å². The second-order valence-corrected chi connectivity index (χ2v) is 5.84. The number of hydrogen-bond donors (Lipinski definition) is 2. The average Bonchev–Trinajstić information content (AvgIpc) is 2.25. The number of amides is 1. The van der Waals surface area contributed by atoms with E-state index in [2.05, 4.69) is 10.6 Å². The summed E-state index contributed by atoms with van der Waals surface area (Å²) in [4.78, 5) is 11.6. The van der Waals surface area contributed by atoms with Gasteiger partial charge in [0.25, 0.3) is 0 Å². The number of rotatable bonds is 5. The maximum atomic E-state index is 11.6. The van der Waals surface area contributed by atoms with Gasteiger partial charge in [0.1, 0.15) is 5.75 Å². The molecule has 19 heavy (non-hydrogen) atoms. The minimum Gasteiger partial charge on any atom is -0.491 e. The van der Waals surface area contributed by atoms with E-state index in [0.29, 0.717) is 0 Å². The van der Waals surface area contributed by atoms with Gasteiger partial charge in [-0.3, -0.25) is 4.79 Å². The first kappa shape index (κ1) is 15.3. The Labute approximate surface area is 115 Å². The van der Waals surface area contributed by atoms with Crippen molar-refractivity contribution >= 4 is 11.6 Å². The maximum Gasteiger partial charge on any atom is 0.239 e. The molecule has 0 radical (unpaired) electrons. The van der Waals surface area contributed by atoms with Crippen LogP contribution in [0.4, 0.5) is 5.69 Å². The highest BCUT2D eigenvalue weighted by Gasteiger charge is 2.12. The van der Waals surface area contributed by atoms with Gasteiger partial charge in [-0.05, 0) is 58.9 Å². The molecule has 0 saturated carbocycles. The van der Waals surface area contributed by atoms with Gasteiger partial charge in [0.05, 0.1) is 12.6 Å². The maximum absolute atomic E-state index is 11.6. The molecule has 1 amide bonds. The third kappa shape index (κ3) is 6.70. The fraction of sp³-hybridized carbons (Fsp3) is 0.533. The Hall–Kier alpha value is -1.71. The second kappa shape index (κ2) is 6.45. The standard InChI is InChI=1S/C15H24N2O2/c1-11(2)19-13-8-6-12(7-9-13)16-10-14(18)17-15(3,4)5/h6-9,11,16H,10H2,1-5H3,(H,17,18). The number of anilines is 1. The van der Waals surface area contributed by atoms with Crippen LogP contribution < -0.4 is 15.4 Å². The van der Waals surface area contributed by atoms with Crippen LogP contribution in [0, 0.1) is 0 Å². The summed E-state index contributed by atoms with van der Waals surface area (Å²) >= 11 is 0. The van der Waals surface area contributed by atoms with Crippen molar-refractivity contribution in [1.82, 2.24) is 5.32 Å². The van der Waals surface area contributed by atoms with E-state index in [9.17, 15) is 4.79 Å². The lowest BCUT2D eigenvalue weighted by atomic mass is 10.1. The quantitative estimate of drug-likeness (QED) is 0.859. The molecule has 2 N–H and O–H groups in total. The molecule has 4 nitrogen and oxygen atoms in total. The molecule has 0 aliphatic rings. The van der Waals surface area contributed by atoms with Crippen molar-refractivity contribution < 1.29 is 9.53 Å². The van der Waals surface area contributed by atoms with Gasteiger partial charge in [-0.2, -0.15) is 0 Å². The Bertz CT molecular complexity index is 405. The van der Waals surface area contributed by atoms with E-state index in [4.69, 9.17) is 4.74 Å². The minimum absolute atomic E-state index is 0.0185. The van der Waals surface area contributed by atoms with Crippen LogP contribution in [0.2, 0.25) is 0 Å². The van der Waals surface area contributed by atoms with E-state index < -0.39 is 0 Å². The van der Waals surface area contributed by atoms with Crippen LogP contribution in [-0.2, 0) is 4.79 Å². The summed E-state index contributed by atoms with van der Waals surface area (Å²) in [6.07, 6.45) is 0.163. The smallest absolute Gasteiger partial charge is 0.239 e. The molecule has 1 rings (SSSR count). The molecule has 1 aromatic rings. The molecular weight excluding hydrogens is 240 g/mol. The van der Waals surface area contributed by atoms with Crippen molar-refractivity contribution in [2.75, 3.05) is 11.9 Å². The SMILES string of the molecule is CC(C)Oc1ccc(NCC(=O)NC(C)(C)C)cc1. The molecule has 0 heterocycles. The molecule has 1 aromatic carbocycles. The Morgan fingerprint density at radius 1 is 1.21 bits per heavy atom. The summed E-state index contributed by atoms with van der Waals surface area (Å²) in [5, 5.41) is 5.98. The van der Waals surface area contributed by atoms with E-state index in [1.54, 1.807) is 0 Å².